The Hall–Kier alpha value is -2.74. The largest absolute Gasteiger partial charge is 0.427 e. The smallest absolute Gasteiger partial charge is 0.361 e. The normalized spacial score (nSPS) is 16.0. The van der Waals surface area contributed by atoms with Gasteiger partial charge in [-0.05, 0) is 37.6 Å². The van der Waals surface area contributed by atoms with E-state index in [0.717, 1.165) is 28.1 Å². The van der Waals surface area contributed by atoms with Crippen LogP contribution in [0.1, 0.15) is 23.2 Å². The highest BCUT2D eigenvalue weighted by Crippen LogP contribution is 2.40. The molecule has 144 valence electrons. The summed E-state index contributed by atoms with van der Waals surface area (Å²) in [7, 11) is 0. The van der Waals surface area contributed by atoms with Gasteiger partial charge in [-0.1, -0.05) is 46.6 Å². The molecule has 3 N–H and O–H groups in total. The number of aromatic nitrogens is 1. The summed E-state index contributed by atoms with van der Waals surface area (Å²) in [6.45, 7) is 3.70. The predicted octanol–water partition coefficient (Wildman–Crippen LogP) is 5.25. The highest BCUT2D eigenvalue weighted by atomic mass is 35.5. The molecular formula is C19H16Cl2N4O3. The summed E-state index contributed by atoms with van der Waals surface area (Å²) in [6.07, 6.45) is -1.03. The summed E-state index contributed by atoms with van der Waals surface area (Å²) in [4.78, 5) is 16.1. The van der Waals surface area contributed by atoms with E-state index in [-0.39, 0.29) is 0 Å². The van der Waals surface area contributed by atoms with Crippen LogP contribution in [-0.4, -0.2) is 11.2 Å². The quantitative estimate of drug-likeness (QED) is 0.535. The zero-order chi connectivity index (χ0) is 19.8. The van der Waals surface area contributed by atoms with Gasteiger partial charge in [0.1, 0.15) is 11.9 Å². The fourth-order valence-corrected chi connectivity index (χ4v) is 3.74. The van der Waals surface area contributed by atoms with Gasteiger partial charge in [0.05, 0.1) is 21.4 Å². The van der Waals surface area contributed by atoms with E-state index in [1.807, 2.05) is 50.2 Å². The molecule has 1 saturated heterocycles. The first kappa shape index (κ1) is 18.6. The number of carbonyl (C=O) groups excluding carboxylic acids is 1. The predicted molar refractivity (Wildman–Crippen MR) is 107 cm³/mol. The van der Waals surface area contributed by atoms with Crippen LogP contribution in [0.4, 0.5) is 16.2 Å². The van der Waals surface area contributed by atoms with E-state index in [0.29, 0.717) is 21.5 Å². The Morgan fingerprint density at radius 3 is 2.46 bits per heavy atom. The van der Waals surface area contributed by atoms with Crippen molar-refractivity contribution in [3.8, 4) is 11.1 Å². The van der Waals surface area contributed by atoms with Crippen LogP contribution >= 0.6 is 23.2 Å². The minimum absolute atomic E-state index is 0.442. The van der Waals surface area contributed by atoms with Crippen molar-refractivity contribution in [2.24, 2.45) is 0 Å². The number of anilines is 2. The van der Waals surface area contributed by atoms with Crippen molar-refractivity contribution in [1.82, 2.24) is 16.0 Å². The lowest BCUT2D eigenvalue weighted by molar-refractivity contribution is 0.122. The van der Waals surface area contributed by atoms with Crippen LogP contribution < -0.4 is 16.1 Å². The van der Waals surface area contributed by atoms with Crippen molar-refractivity contribution in [1.29, 1.82) is 0 Å². The molecule has 1 atom stereocenters. The third-order valence-corrected chi connectivity index (χ3v) is 5.02. The van der Waals surface area contributed by atoms with Crippen LogP contribution in [0.2, 0.25) is 10.0 Å². The number of benzene rings is 2. The summed E-state index contributed by atoms with van der Waals surface area (Å²) < 4.78 is 5.23. The summed E-state index contributed by atoms with van der Waals surface area (Å²) in [5.74, 6) is 0.693. The number of hydrogen-bond acceptors (Lipinski definition) is 6. The number of para-hydroxylation sites is 1. The van der Waals surface area contributed by atoms with Gasteiger partial charge in [0.25, 0.3) is 0 Å². The van der Waals surface area contributed by atoms with Gasteiger partial charge < -0.3 is 14.7 Å². The van der Waals surface area contributed by atoms with E-state index in [1.165, 1.54) is 0 Å². The summed E-state index contributed by atoms with van der Waals surface area (Å²) in [5, 5.41) is 10.8. The molecule has 2 heterocycles. The molecule has 1 amide bonds. The van der Waals surface area contributed by atoms with Gasteiger partial charge in [0, 0.05) is 16.8 Å². The van der Waals surface area contributed by atoms with Crippen LogP contribution in [0.15, 0.2) is 40.9 Å². The maximum atomic E-state index is 11.3. The molecule has 1 aliphatic rings. The number of aryl methyl sites for hydroxylation is 2. The first-order chi connectivity index (χ1) is 13.4. The molecular weight excluding hydrogens is 403 g/mol. The molecule has 0 saturated carbocycles. The molecule has 9 heteroatoms. The second-order valence-corrected chi connectivity index (χ2v) is 7.13. The van der Waals surface area contributed by atoms with E-state index in [4.69, 9.17) is 32.6 Å². The maximum absolute atomic E-state index is 11.3. The summed E-state index contributed by atoms with van der Waals surface area (Å²) in [6, 6.07) is 11.1. The molecule has 28 heavy (non-hydrogen) atoms. The number of rotatable bonds is 4. The lowest BCUT2D eigenvalue weighted by Crippen LogP contribution is -2.23. The number of amides is 1. The van der Waals surface area contributed by atoms with E-state index >= 15 is 0 Å². The van der Waals surface area contributed by atoms with Crippen LogP contribution in [0.5, 0.6) is 0 Å². The summed E-state index contributed by atoms with van der Waals surface area (Å²) >= 11 is 13.1. The van der Waals surface area contributed by atoms with E-state index < -0.39 is 12.3 Å². The van der Waals surface area contributed by atoms with E-state index in [9.17, 15) is 4.79 Å². The van der Waals surface area contributed by atoms with Gasteiger partial charge >= 0.3 is 6.09 Å². The number of carbonyl (C=O) groups is 1. The Kier molecular flexibility index (Phi) is 4.89. The number of hydrogen-bond donors (Lipinski definition) is 3. The van der Waals surface area contributed by atoms with Crippen molar-refractivity contribution in [2.45, 2.75) is 20.0 Å². The number of nitrogens with zero attached hydrogens (tertiary/aromatic N) is 1. The molecule has 0 bridgehead atoms. The molecule has 0 radical (unpaired) electrons. The molecule has 2 aromatic carbocycles. The second-order valence-electron chi connectivity index (χ2n) is 6.31. The zero-order valence-electron chi connectivity index (χ0n) is 15.0. The molecule has 0 spiro atoms. The van der Waals surface area contributed by atoms with Crippen molar-refractivity contribution < 1.29 is 14.2 Å². The van der Waals surface area contributed by atoms with Crippen molar-refractivity contribution in [3.63, 3.8) is 0 Å². The first-order valence-corrected chi connectivity index (χ1v) is 9.20. The topological polar surface area (TPSA) is 88.4 Å². The molecule has 1 aromatic heterocycles. The van der Waals surface area contributed by atoms with Gasteiger partial charge in [-0.2, -0.15) is 0 Å². The van der Waals surface area contributed by atoms with Crippen molar-refractivity contribution in [3.05, 3.63) is 63.5 Å². The van der Waals surface area contributed by atoms with E-state index in [1.54, 1.807) is 0 Å². The molecule has 1 aliphatic heterocycles. The Bertz CT molecular complexity index is 1020. The first-order valence-electron chi connectivity index (χ1n) is 8.45. The molecule has 3 aromatic rings. The average molecular weight is 419 g/mol. The molecule has 0 aliphatic carbocycles. The van der Waals surface area contributed by atoms with Gasteiger partial charge in [-0.3, -0.25) is 5.32 Å². The second kappa shape index (κ2) is 7.35. The van der Waals surface area contributed by atoms with E-state index in [2.05, 4.69) is 21.3 Å². The Labute approximate surface area is 170 Å². The average Bonchev–Trinajstić information content (AvgIpc) is 3.23. The van der Waals surface area contributed by atoms with Gasteiger partial charge in [0.2, 0.25) is 0 Å². The fourth-order valence-electron chi connectivity index (χ4n) is 3.16. The minimum atomic E-state index is -0.542. The van der Waals surface area contributed by atoms with Crippen molar-refractivity contribution in [2.75, 3.05) is 5.32 Å². The Morgan fingerprint density at radius 2 is 1.86 bits per heavy atom. The van der Waals surface area contributed by atoms with Crippen LogP contribution in [-0.2, 0) is 4.84 Å². The minimum Gasteiger partial charge on any atom is -0.361 e. The fraction of sp³-hybridized carbons (Fsp3) is 0.158. The lowest BCUT2D eigenvalue weighted by atomic mass is 10.0. The third-order valence-electron chi connectivity index (χ3n) is 4.43. The molecule has 7 nitrogen and oxygen atoms in total. The maximum Gasteiger partial charge on any atom is 0.427 e. The number of halogens is 2. The van der Waals surface area contributed by atoms with Gasteiger partial charge in [-0.25, -0.2) is 4.79 Å². The lowest BCUT2D eigenvalue weighted by Gasteiger charge is -2.17. The van der Waals surface area contributed by atoms with Gasteiger partial charge in [-0.15, -0.1) is 5.48 Å². The Balaban J connectivity index is 1.69. The number of nitrogens with one attached hydrogen (secondary N) is 3. The standard InChI is InChI=1S/C19H16Cl2N4O3/c1-9-16(10(2)27-24-9)11-7-13(20)17(14(21)8-11)22-15-6-4-3-5-12(15)18-23-19(26)28-25-18/h3-8,18,22,25H,1-2H3,(H,23,26). The van der Waals surface area contributed by atoms with Crippen LogP contribution in [0.25, 0.3) is 11.1 Å². The zero-order valence-corrected chi connectivity index (χ0v) is 16.5. The SMILES string of the molecule is Cc1noc(C)c1-c1cc(Cl)c(Nc2ccccc2C2NOC(=O)N2)c(Cl)c1. The third kappa shape index (κ3) is 3.40. The summed E-state index contributed by atoms with van der Waals surface area (Å²) in [5.41, 5.74) is 7.13. The number of hydroxylamine groups is 1. The monoisotopic (exact) mass is 418 g/mol. The molecule has 4 rings (SSSR count). The highest BCUT2D eigenvalue weighted by molar-refractivity contribution is 6.39. The Morgan fingerprint density at radius 1 is 1.14 bits per heavy atom. The molecule has 1 unspecified atom stereocenters. The van der Waals surface area contributed by atoms with Crippen LogP contribution in [0.3, 0.4) is 0 Å². The van der Waals surface area contributed by atoms with Crippen LogP contribution in [0, 0.1) is 13.8 Å². The highest BCUT2D eigenvalue weighted by Gasteiger charge is 2.26. The van der Waals surface area contributed by atoms with Crippen molar-refractivity contribution >= 4 is 40.7 Å². The van der Waals surface area contributed by atoms with Gasteiger partial charge in [0.15, 0.2) is 0 Å². The molecule has 1 fully saturated rings.